The molecule has 1 rings (SSSR count). The number of hydrogen-bond acceptors (Lipinski definition) is 5. The molecule has 4 N–H and O–H groups in total. The Morgan fingerprint density at radius 3 is 2.71 bits per heavy atom. The molecule has 1 heterocycles. The summed E-state index contributed by atoms with van der Waals surface area (Å²) in [7, 11) is 0. The summed E-state index contributed by atoms with van der Waals surface area (Å²) < 4.78 is 0. The zero-order valence-electron chi connectivity index (χ0n) is 8.26. The number of aromatic nitrogens is 3. The van der Waals surface area contributed by atoms with Crippen LogP contribution in [0.5, 0.6) is 0 Å². The van der Waals surface area contributed by atoms with Crippen molar-refractivity contribution in [1.29, 1.82) is 0 Å². The van der Waals surface area contributed by atoms with Gasteiger partial charge in [0.15, 0.2) is 0 Å². The van der Waals surface area contributed by atoms with Gasteiger partial charge < -0.3 is 11.5 Å². The molecule has 0 radical (unpaired) electrons. The quantitative estimate of drug-likeness (QED) is 0.500. The number of aryl methyl sites for hydroxylation is 1. The monoisotopic (exact) mass is 195 g/mol. The van der Waals surface area contributed by atoms with Gasteiger partial charge in [-0.05, 0) is 30.5 Å². The fourth-order valence-corrected chi connectivity index (χ4v) is 1.26. The van der Waals surface area contributed by atoms with Gasteiger partial charge in [-0.25, -0.2) is 0 Å². The second-order valence-electron chi connectivity index (χ2n) is 3.38. The summed E-state index contributed by atoms with van der Waals surface area (Å²) in [6, 6.07) is 1.89. The summed E-state index contributed by atoms with van der Waals surface area (Å²) in [5, 5.41) is 11.1. The zero-order valence-corrected chi connectivity index (χ0v) is 8.26. The second kappa shape index (κ2) is 6.39. The number of nitrogens with two attached hydrogens (primary N) is 2. The Balaban J connectivity index is 2.05. The first-order valence-corrected chi connectivity index (χ1v) is 4.93. The smallest absolute Gasteiger partial charge is 0.0664 e. The molecule has 0 amide bonds. The van der Waals surface area contributed by atoms with E-state index in [0.29, 0.717) is 0 Å². The summed E-state index contributed by atoms with van der Waals surface area (Å²) in [4.78, 5) is 0. The minimum atomic E-state index is -0.171. The van der Waals surface area contributed by atoms with Gasteiger partial charge in [0.2, 0.25) is 0 Å². The average Bonchev–Trinajstić information content (AvgIpc) is 2.18. The van der Waals surface area contributed by atoms with Gasteiger partial charge in [0.1, 0.15) is 0 Å². The summed E-state index contributed by atoms with van der Waals surface area (Å²) >= 11 is 0. The average molecular weight is 195 g/mol. The van der Waals surface area contributed by atoms with Crippen LogP contribution in [0.25, 0.3) is 0 Å². The van der Waals surface area contributed by atoms with E-state index < -0.39 is 0 Å². The first-order chi connectivity index (χ1) is 6.79. The van der Waals surface area contributed by atoms with Crippen LogP contribution in [0, 0.1) is 0 Å². The van der Waals surface area contributed by atoms with Crippen LogP contribution >= 0.6 is 0 Å². The van der Waals surface area contributed by atoms with Crippen LogP contribution < -0.4 is 11.5 Å². The van der Waals surface area contributed by atoms with Crippen molar-refractivity contribution in [3.05, 3.63) is 18.0 Å². The molecule has 0 aliphatic rings. The van der Waals surface area contributed by atoms with E-state index in [-0.39, 0.29) is 6.17 Å². The minimum Gasteiger partial charge on any atom is -0.316 e. The van der Waals surface area contributed by atoms with Gasteiger partial charge in [-0.1, -0.05) is 12.8 Å². The van der Waals surface area contributed by atoms with Gasteiger partial charge in [-0.3, -0.25) is 0 Å². The molecule has 5 nitrogen and oxygen atoms in total. The van der Waals surface area contributed by atoms with Crippen LogP contribution in [0.1, 0.15) is 31.4 Å². The van der Waals surface area contributed by atoms with Crippen molar-refractivity contribution in [1.82, 2.24) is 15.4 Å². The van der Waals surface area contributed by atoms with E-state index in [2.05, 4.69) is 15.4 Å². The number of hydrogen-bond donors (Lipinski definition) is 2. The second-order valence-corrected chi connectivity index (χ2v) is 3.38. The van der Waals surface area contributed by atoms with Crippen LogP contribution in [0.2, 0.25) is 0 Å². The lowest BCUT2D eigenvalue weighted by Gasteiger charge is -2.03. The summed E-state index contributed by atoms with van der Waals surface area (Å²) in [5.41, 5.74) is 11.9. The molecule has 0 saturated heterocycles. The normalized spacial score (nSPS) is 10.8. The number of unbranched alkanes of at least 4 members (excludes halogenated alkanes) is 2. The van der Waals surface area contributed by atoms with Crippen molar-refractivity contribution in [2.75, 3.05) is 0 Å². The third-order valence-corrected chi connectivity index (χ3v) is 2.03. The first-order valence-electron chi connectivity index (χ1n) is 4.93. The van der Waals surface area contributed by atoms with Crippen molar-refractivity contribution in [3.8, 4) is 0 Å². The molecule has 14 heavy (non-hydrogen) atoms. The molecule has 0 spiro atoms. The van der Waals surface area contributed by atoms with Crippen LogP contribution in [-0.4, -0.2) is 21.6 Å². The van der Waals surface area contributed by atoms with Crippen molar-refractivity contribution < 1.29 is 0 Å². The maximum atomic E-state index is 5.43. The van der Waals surface area contributed by atoms with Gasteiger partial charge in [-0.15, -0.1) is 10.2 Å². The Morgan fingerprint density at radius 1 is 1.21 bits per heavy atom. The molecule has 0 atom stereocenters. The molecule has 0 aromatic carbocycles. The fourth-order valence-electron chi connectivity index (χ4n) is 1.26. The summed E-state index contributed by atoms with van der Waals surface area (Å²) in [6.07, 6.45) is 6.65. The lowest BCUT2D eigenvalue weighted by molar-refractivity contribution is 0.561. The van der Waals surface area contributed by atoms with E-state index >= 15 is 0 Å². The maximum absolute atomic E-state index is 5.43. The molecule has 1 aromatic rings. The third-order valence-electron chi connectivity index (χ3n) is 2.03. The lowest BCUT2D eigenvalue weighted by atomic mass is 10.1. The van der Waals surface area contributed by atoms with Gasteiger partial charge in [0.25, 0.3) is 0 Å². The van der Waals surface area contributed by atoms with Crippen molar-refractivity contribution in [2.45, 2.75) is 38.3 Å². The lowest BCUT2D eigenvalue weighted by Crippen LogP contribution is -2.29. The van der Waals surface area contributed by atoms with Gasteiger partial charge >= 0.3 is 0 Å². The van der Waals surface area contributed by atoms with Crippen LogP contribution in [0.4, 0.5) is 0 Å². The van der Waals surface area contributed by atoms with Crippen molar-refractivity contribution >= 4 is 0 Å². The first kappa shape index (κ1) is 11.0. The molecule has 0 bridgehead atoms. The highest BCUT2D eigenvalue weighted by Gasteiger charge is 1.96. The van der Waals surface area contributed by atoms with Gasteiger partial charge in [-0.2, -0.15) is 0 Å². The van der Waals surface area contributed by atoms with E-state index in [9.17, 15) is 0 Å². The summed E-state index contributed by atoms with van der Waals surface area (Å²) in [6.45, 7) is 0. The molecule has 1 aromatic heterocycles. The largest absolute Gasteiger partial charge is 0.316 e. The van der Waals surface area contributed by atoms with Gasteiger partial charge in [0.05, 0.1) is 18.1 Å². The standard InChI is InChI=1S/C9H17N5/c10-9(11)5-3-1-2-4-8-6-7-12-14-13-8/h6-7,9H,1-5,10-11H2. The zero-order chi connectivity index (χ0) is 10.2. The predicted molar refractivity (Wildman–Crippen MR) is 54.2 cm³/mol. The molecule has 5 heteroatoms. The number of nitrogens with zero attached hydrogens (tertiary/aromatic N) is 3. The molecule has 0 fully saturated rings. The highest BCUT2D eigenvalue weighted by Crippen LogP contribution is 2.04. The van der Waals surface area contributed by atoms with Crippen molar-refractivity contribution in [3.63, 3.8) is 0 Å². The molecule has 0 saturated carbocycles. The van der Waals surface area contributed by atoms with E-state index in [4.69, 9.17) is 11.5 Å². The molecule has 0 aliphatic heterocycles. The molecular formula is C9H17N5. The third kappa shape index (κ3) is 4.84. The Hall–Kier alpha value is -1.07. The molecule has 0 unspecified atom stereocenters. The molecule has 78 valence electrons. The van der Waals surface area contributed by atoms with E-state index in [0.717, 1.165) is 37.8 Å². The van der Waals surface area contributed by atoms with E-state index in [1.54, 1.807) is 6.20 Å². The van der Waals surface area contributed by atoms with Gasteiger partial charge in [0, 0.05) is 0 Å². The molecular weight excluding hydrogens is 178 g/mol. The van der Waals surface area contributed by atoms with Crippen LogP contribution in [0.3, 0.4) is 0 Å². The predicted octanol–water partition coefficient (Wildman–Crippen LogP) is 0.218. The van der Waals surface area contributed by atoms with Crippen LogP contribution in [0.15, 0.2) is 12.3 Å². The minimum absolute atomic E-state index is 0.171. The molecule has 0 aliphatic carbocycles. The SMILES string of the molecule is NC(N)CCCCCc1ccnnn1. The Kier molecular flexibility index (Phi) is 5.03. The highest BCUT2D eigenvalue weighted by atomic mass is 15.3. The Bertz CT molecular complexity index is 236. The topological polar surface area (TPSA) is 90.7 Å². The number of rotatable bonds is 6. The van der Waals surface area contributed by atoms with E-state index in [1.165, 1.54) is 0 Å². The highest BCUT2D eigenvalue weighted by molar-refractivity contribution is 4.94. The van der Waals surface area contributed by atoms with E-state index in [1.807, 2.05) is 6.07 Å². The maximum Gasteiger partial charge on any atom is 0.0664 e. The Labute approximate surface area is 83.9 Å². The Morgan fingerprint density at radius 2 is 2.07 bits per heavy atom. The fraction of sp³-hybridized carbons (Fsp3) is 0.667. The van der Waals surface area contributed by atoms with Crippen molar-refractivity contribution in [2.24, 2.45) is 11.5 Å². The van der Waals surface area contributed by atoms with Crippen LogP contribution in [-0.2, 0) is 6.42 Å². The summed E-state index contributed by atoms with van der Waals surface area (Å²) in [5.74, 6) is 0.